The minimum atomic E-state index is -4.33. The number of aromatic nitrogens is 1. The van der Waals surface area contributed by atoms with Gasteiger partial charge in [0.15, 0.2) is 5.03 Å². The number of fused-ring (bicyclic) bond motifs is 5. The number of benzene rings is 1. The van der Waals surface area contributed by atoms with Crippen molar-refractivity contribution < 1.29 is 16.1 Å². The van der Waals surface area contributed by atoms with Gasteiger partial charge in [0.05, 0.1) is 11.7 Å². The topological polar surface area (TPSA) is 150 Å². The molecule has 1 aromatic carbocycles. The van der Waals surface area contributed by atoms with Crippen molar-refractivity contribution in [1.82, 2.24) is 14.6 Å². The second-order valence-corrected chi connectivity index (χ2v) is 12.3. The Morgan fingerprint density at radius 3 is 2.66 bits per heavy atom. The predicted octanol–water partition coefficient (Wildman–Crippen LogP) is 2.97. The van der Waals surface area contributed by atoms with E-state index >= 15 is 0 Å². The second kappa shape index (κ2) is 9.70. The molecular weight excluding hydrogens is 504 g/mol. The largest absolute Gasteiger partial charge is 0.388 e. The zero-order chi connectivity index (χ0) is 26.4. The highest BCUT2D eigenvalue weighted by atomic mass is 32.2. The van der Waals surface area contributed by atoms with Crippen molar-refractivity contribution >= 4 is 27.5 Å². The van der Waals surface area contributed by atoms with Crippen LogP contribution in [0.3, 0.4) is 0 Å². The maximum Gasteiger partial charge on any atom is 0.333 e. The van der Waals surface area contributed by atoms with Crippen LogP contribution in [0, 0.1) is 5.92 Å². The molecule has 7 rings (SSSR count). The fraction of sp³-hybridized carbons (Fsp3) is 0.444. The third-order valence-electron chi connectivity index (χ3n) is 7.96. The Balaban J connectivity index is 0.00000185. The Kier molecular flexibility index (Phi) is 6.35. The summed E-state index contributed by atoms with van der Waals surface area (Å²) in [5.41, 5.74) is 11.2. The van der Waals surface area contributed by atoms with Gasteiger partial charge in [0.1, 0.15) is 0 Å². The normalized spacial score (nSPS) is 25.1. The predicted molar refractivity (Wildman–Crippen MR) is 151 cm³/mol. The number of piperidine rings is 1. The summed E-state index contributed by atoms with van der Waals surface area (Å²) in [6.45, 7) is 2.17. The van der Waals surface area contributed by atoms with Crippen LogP contribution in [-0.4, -0.2) is 55.7 Å². The number of hydrogen-bond acceptors (Lipinski definition) is 7. The lowest BCUT2D eigenvalue weighted by atomic mass is 9.91. The van der Waals surface area contributed by atoms with Crippen molar-refractivity contribution in [3.8, 4) is 11.1 Å². The molecule has 5 aliphatic rings. The number of nitrogens with zero attached hydrogens (tertiary/aromatic N) is 2. The number of nitrogens with one attached hydrogen (secondary N) is 3. The van der Waals surface area contributed by atoms with Crippen molar-refractivity contribution in [2.45, 2.75) is 51.0 Å². The standard InChI is InChI=1S/C27H32N6O4S.2H2/c28-26(22-15-33-12-9-17(10-13-33)24(22)30-19-5-6-19)38(36,37)32-27(35)31-25-20-3-1-2-16(20)4-7-21(25)18-8-11-29-23(34)14-18;;/h4,7-8,11,14,17,19H,1-3,5-6,9-10,12-13,15,28H2,(H,29,34)(H2,31,32,35);2*1H/b26-22+,30-24?;;. The number of anilines is 1. The third-order valence-corrected chi connectivity index (χ3v) is 9.23. The van der Waals surface area contributed by atoms with Gasteiger partial charge >= 0.3 is 6.03 Å². The highest BCUT2D eigenvalue weighted by Crippen LogP contribution is 2.37. The summed E-state index contributed by atoms with van der Waals surface area (Å²) in [6, 6.07) is 6.40. The van der Waals surface area contributed by atoms with Gasteiger partial charge in [0, 0.05) is 44.4 Å². The number of pyridine rings is 1. The van der Waals surface area contributed by atoms with Crippen molar-refractivity contribution in [2.24, 2.45) is 16.6 Å². The number of aliphatic imine (C=N–C) groups is 1. The number of hydrogen-bond donors (Lipinski definition) is 4. The lowest BCUT2D eigenvalue weighted by Gasteiger charge is -2.25. The van der Waals surface area contributed by atoms with Crippen LogP contribution >= 0.6 is 0 Å². The van der Waals surface area contributed by atoms with Gasteiger partial charge in [-0.05, 0) is 80.8 Å². The molecule has 2 aliphatic carbocycles. The Hall–Kier alpha value is -3.44. The van der Waals surface area contributed by atoms with Crippen LogP contribution in [0.15, 0.2) is 50.9 Å². The molecule has 2 bridgehead atoms. The number of amides is 2. The van der Waals surface area contributed by atoms with Gasteiger partial charge in [-0.2, -0.15) is 8.42 Å². The number of nitrogens with two attached hydrogens (primary N) is 1. The van der Waals surface area contributed by atoms with Gasteiger partial charge in [-0.25, -0.2) is 9.52 Å². The summed E-state index contributed by atoms with van der Waals surface area (Å²) in [7, 11) is -4.33. The van der Waals surface area contributed by atoms with Gasteiger partial charge in [0.25, 0.3) is 10.0 Å². The van der Waals surface area contributed by atoms with E-state index in [4.69, 9.17) is 10.7 Å². The average molecular weight is 541 g/mol. The highest BCUT2D eigenvalue weighted by molar-refractivity contribution is 7.93. The molecule has 0 unspecified atom stereocenters. The number of sulfonamides is 1. The lowest BCUT2D eigenvalue weighted by molar-refractivity contribution is 0.240. The van der Waals surface area contributed by atoms with Crippen LogP contribution in [-0.2, 0) is 22.9 Å². The van der Waals surface area contributed by atoms with Gasteiger partial charge in [-0.15, -0.1) is 0 Å². The summed E-state index contributed by atoms with van der Waals surface area (Å²) in [6.07, 6.45) is 7.99. The molecule has 5 N–H and O–H groups in total. The first kappa shape index (κ1) is 24.9. The zero-order valence-corrected chi connectivity index (χ0v) is 21.9. The number of carbonyl (C=O) groups excluding carboxylic acids is 1. The van der Waals surface area contributed by atoms with Crippen molar-refractivity contribution in [2.75, 3.05) is 25.0 Å². The van der Waals surface area contributed by atoms with E-state index in [9.17, 15) is 18.0 Å². The van der Waals surface area contributed by atoms with E-state index in [0.29, 0.717) is 28.9 Å². The van der Waals surface area contributed by atoms with Crippen molar-refractivity contribution in [3.05, 3.63) is 62.5 Å². The van der Waals surface area contributed by atoms with Crippen LogP contribution in [0.2, 0.25) is 0 Å². The maximum atomic E-state index is 13.4. The van der Waals surface area contributed by atoms with E-state index in [1.807, 2.05) is 12.1 Å². The van der Waals surface area contributed by atoms with Crippen molar-refractivity contribution in [1.29, 1.82) is 0 Å². The molecular formula is C27H36N6O4S. The van der Waals surface area contributed by atoms with Crippen LogP contribution in [0.4, 0.5) is 10.5 Å². The highest BCUT2D eigenvalue weighted by Gasteiger charge is 2.37. The van der Waals surface area contributed by atoms with Crippen LogP contribution in [0.1, 0.15) is 46.1 Å². The smallest absolute Gasteiger partial charge is 0.333 e. The van der Waals surface area contributed by atoms with Crippen molar-refractivity contribution in [3.63, 3.8) is 0 Å². The molecule has 3 saturated heterocycles. The first-order valence-corrected chi connectivity index (χ1v) is 14.7. The van der Waals surface area contributed by atoms with Gasteiger partial charge in [0.2, 0.25) is 5.56 Å². The summed E-state index contributed by atoms with van der Waals surface area (Å²) in [5, 5.41) is 2.44. The maximum absolute atomic E-state index is 13.4. The molecule has 4 fully saturated rings. The molecule has 0 spiro atoms. The monoisotopic (exact) mass is 540 g/mol. The number of rotatable bonds is 5. The Morgan fingerprint density at radius 1 is 1.13 bits per heavy atom. The Labute approximate surface area is 224 Å². The molecule has 4 heterocycles. The Bertz CT molecular complexity index is 1530. The molecule has 204 valence electrons. The summed E-state index contributed by atoms with van der Waals surface area (Å²) in [5.74, 6) is 0.190. The van der Waals surface area contributed by atoms with Crippen LogP contribution < -0.4 is 21.3 Å². The number of H-pyrrole nitrogens is 1. The first-order valence-electron chi connectivity index (χ1n) is 13.3. The molecule has 1 aromatic heterocycles. The minimum absolute atomic E-state index is 0. The molecule has 2 amide bonds. The van der Waals surface area contributed by atoms with E-state index in [1.54, 1.807) is 12.3 Å². The fourth-order valence-electron chi connectivity index (χ4n) is 5.84. The molecule has 3 aliphatic heterocycles. The molecule has 0 radical (unpaired) electrons. The van der Waals surface area contributed by atoms with E-state index in [-0.39, 0.29) is 25.4 Å². The molecule has 0 atom stereocenters. The molecule has 38 heavy (non-hydrogen) atoms. The zero-order valence-electron chi connectivity index (χ0n) is 21.1. The number of urea groups is 1. The quantitative estimate of drug-likeness (QED) is 0.458. The SMILES string of the molecule is N/C(=C1/CN2CCC(CC2)C1=NC1CC1)S(=O)(=O)NC(=O)Nc1c(-c2cc[nH]c(=O)c2)ccc2c1CCC2.[HH].[HH]. The van der Waals surface area contributed by atoms with Crippen LogP contribution in [0.5, 0.6) is 0 Å². The van der Waals surface area contributed by atoms with E-state index in [1.165, 1.54) is 6.07 Å². The van der Waals surface area contributed by atoms with Gasteiger partial charge < -0.3 is 16.0 Å². The number of aryl methyl sites for hydroxylation is 1. The van der Waals surface area contributed by atoms with Crippen LogP contribution in [0.25, 0.3) is 11.1 Å². The molecule has 1 saturated carbocycles. The number of carbonyl (C=O) groups is 1. The summed E-state index contributed by atoms with van der Waals surface area (Å²) < 4.78 is 28.9. The van der Waals surface area contributed by atoms with E-state index < -0.39 is 16.1 Å². The summed E-state index contributed by atoms with van der Waals surface area (Å²) >= 11 is 0. The molecule has 2 aromatic rings. The van der Waals surface area contributed by atoms with Gasteiger partial charge in [-0.1, -0.05) is 12.1 Å². The molecule has 11 heteroatoms. The first-order chi connectivity index (χ1) is 18.3. The second-order valence-electron chi connectivity index (χ2n) is 10.6. The molecule has 10 nitrogen and oxygen atoms in total. The third kappa shape index (κ3) is 4.88. The average Bonchev–Trinajstić information content (AvgIpc) is 3.65. The van der Waals surface area contributed by atoms with Gasteiger partial charge in [-0.3, -0.25) is 14.7 Å². The Morgan fingerprint density at radius 2 is 1.92 bits per heavy atom. The van der Waals surface area contributed by atoms with E-state index in [2.05, 4.69) is 19.9 Å². The lowest BCUT2D eigenvalue weighted by Crippen LogP contribution is -2.39. The summed E-state index contributed by atoms with van der Waals surface area (Å²) in [4.78, 5) is 34.8. The van der Waals surface area contributed by atoms with E-state index in [0.717, 1.165) is 74.9 Å². The fourth-order valence-corrected chi connectivity index (χ4v) is 6.74. The number of aromatic amines is 1. The minimum Gasteiger partial charge on any atom is -0.388 e.